The minimum atomic E-state index is 0.267. The topological polar surface area (TPSA) is 26.8 Å². The second-order valence-electron chi connectivity index (χ2n) is 6.29. The molecule has 1 fully saturated rings. The Bertz CT molecular complexity index is 434. The molecule has 0 N–H and O–H groups in total. The molecule has 1 aliphatic rings. The standard InChI is InChI=1S/C16H27N3OS/c1-13-11-18(16(20)10-15-6-5-9-21-15)12-14(2)19(13)8-7-17(3)4/h5-6,9,13-14H,7-8,10-12H2,1-4H3. The van der Waals surface area contributed by atoms with E-state index < -0.39 is 0 Å². The third-order valence-electron chi connectivity index (χ3n) is 4.17. The Morgan fingerprint density at radius 1 is 1.33 bits per heavy atom. The fourth-order valence-electron chi connectivity index (χ4n) is 2.99. The Morgan fingerprint density at radius 3 is 2.52 bits per heavy atom. The predicted molar refractivity (Wildman–Crippen MR) is 88.8 cm³/mol. The van der Waals surface area contributed by atoms with Gasteiger partial charge in [0.25, 0.3) is 0 Å². The Balaban J connectivity index is 1.89. The molecule has 0 spiro atoms. The van der Waals surface area contributed by atoms with Crippen molar-refractivity contribution in [2.45, 2.75) is 32.4 Å². The summed E-state index contributed by atoms with van der Waals surface area (Å²) in [5.74, 6) is 0.267. The third kappa shape index (κ3) is 4.53. The SMILES string of the molecule is CC1CN(C(=O)Cc2cccs2)CC(C)N1CCN(C)C. The van der Waals surface area contributed by atoms with E-state index in [0.29, 0.717) is 18.5 Å². The molecule has 1 saturated heterocycles. The number of amides is 1. The van der Waals surface area contributed by atoms with Gasteiger partial charge in [-0.1, -0.05) is 6.07 Å². The van der Waals surface area contributed by atoms with Crippen molar-refractivity contribution in [3.63, 3.8) is 0 Å². The van der Waals surface area contributed by atoms with Gasteiger partial charge in [0, 0.05) is 43.1 Å². The van der Waals surface area contributed by atoms with Crippen molar-refractivity contribution in [1.29, 1.82) is 0 Å². The lowest BCUT2D eigenvalue weighted by Crippen LogP contribution is -2.59. The van der Waals surface area contributed by atoms with Crippen molar-refractivity contribution in [3.8, 4) is 0 Å². The second kappa shape index (κ2) is 7.38. The highest BCUT2D eigenvalue weighted by Gasteiger charge is 2.31. The van der Waals surface area contributed by atoms with Gasteiger partial charge in [-0.25, -0.2) is 0 Å². The summed E-state index contributed by atoms with van der Waals surface area (Å²) in [5, 5.41) is 2.03. The summed E-state index contributed by atoms with van der Waals surface area (Å²) in [7, 11) is 4.21. The van der Waals surface area contributed by atoms with Crippen molar-refractivity contribution in [2.75, 3.05) is 40.3 Å². The van der Waals surface area contributed by atoms with Crippen molar-refractivity contribution < 1.29 is 4.79 Å². The van der Waals surface area contributed by atoms with Gasteiger partial charge in [-0.3, -0.25) is 9.69 Å². The molecule has 0 saturated carbocycles. The van der Waals surface area contributed by atoms with E-state index in [-0.39, 0.29) is 5.91 Å². The summed E-state index contributed by atoms with van der Waals surface area (Å²) in [6, 6.07) is 4.92. The first-order valence-corrected chi connectivity index (χ1v) is 8.56. The van der Waals surface area contributed by atoms with Crippen molar-refractivity contribution in [1.82, 2.24) is 14.7 Å². The molecule has 21 heavy (non-hydrogen) atoms. The molecule has 2 rings (SSSR count). The van der Waals surface area contributed by atoms with Gasteiger partial charge in [0.05, 0.1) is 6.42 Å². The Hall–Kier alpha value is -0.910. The number of carbonyl (C=O) groups is 1. The first-order valence-electron chi connectivity index (χ1n) is 7.68. The van der Waals surface area contributed by atoms with Crippen LogP contribution in [0.25, 0.3) is 0 Å². The number of hydrogen-bond donors (Lipinski definition) is 0. The summed E-state index contributed by atoms with van der Waals surface area (Å²) in [6.45, 7) is 8.30. The molecule has 118 valence electrons. The lowest BCUT2D eigenvalue weighted by Gasteiger charge is -2.44. The van der Waals surface area contributed by atoms with Gasteiger partial charge in [-0.05, 0) is 39.4 Å². The van der Waals surface area contributed by atoms with E-state index in [0.717, 1.165) is 31.1 Å². The molecular formula is C16H27N3OS. The number of hydrogen-bond acceptors (Lipinski definition) is 4. The van der Waals surface area contributed by atoms with Crippen LogP contribution in [0.3, 0.4) is 0 Å². The van der Waals surface area contributed by atoms with E-state index in [1.807, 2.05) is 22.4 Å². The van der Waals surface area contributed by atoms with Gasteiger partial charge in [0.1, 0.15) is 0 Å². The molecule has 1 amide bonds. The van der Waals surface area contributed by atoms with E-state index in [9.17, 15) is 4.79 Å². The third-order valence-corrected chi connectivity index (χ3v) is 5.04. The maximum Gasteiger partial charge on any atom is 0.227 e. The Kier molecular flexibility index (Phi) is 5.79. The van der Waals surface area contributed by atoms with E-state index in [1.165, 1.54) is 0 Å². The van der Waals surface area contributed by atoms with Gasteiger partial charge in [-0.2, -0.15) is 0 Å². The van der Waals surface area contributed by atoms with E-state index >= 15 is 0 Å². The van der Waals surface area contributed by atoms with Gasteiger partial charge in [-0.15, -0.1) is 11.3 Å². The zero-order valence-electron chi connectivity index (χ0n) is 13.6. The molecule has 1 aromatic rings. The number of rotatable bonds is 5. The van der Waals surface area contributed by atoms with Crippen molar-refractivity contribution >= 4 is 17.2 Å². The maximum absolute atomic E-state index is 12.4. The van der Waals surface area contributed by atoms with Crippen LogP contribution in [0.1, 0.15) is 18.7 Å². The molecular weight excluding hydrogens is 282 g/mol. The zero-order chi connectivity index (χ0) is 15.4. The van der Waals surface area contributed by atoms with E-state index in [2.05, 4.69) is 37.7 Å². The lowest BCUT2D eigenvalue weighted by atomic mass is 10.1. The molecule has 1 aromatic heterocycles. The molecule has 1 aliphatic heterocycles. The smallest absolute Gasteiger partial charge is 0.227 e. The van der Waals surface area contributed by atoms with E-state index in [1.54, 1.807) is 11.3 Å². The molecule has 2 heterocycles. The fourth-order valence-corrected chi connectivity index (χ4v) is 3.69. The van der Waals surface area contributed by atoms with Crippen LogP contribution in [0.15, 0.2) is 17.5 Å². The maximum atomic E-state index is 12.4. The van der Waals surface area contributed by atoms with Gasteiger partial charge < -0.3 is 9.80 Å². The zero-order valence-corrected chi connectivity index (χ0v) is 14.4. The largest absolute Gasteiger partial charge is 0.339 e. The monoisotopic (exact) mass is 309 g/mol. The summed E-state index contributed by atoms with van der Waals surface area (Å²) in [6.07, 6.45) is 0.550. The molecule has 0 bridgehead atoms. The van der Waals surface area contributed by atoms with Crippen LogP contribution in [0.4, 0.5) is 0 Å². The second-order valence-corrected chi connectivity index (χ2v) is 7.33. The van der Waals surface area contributed by atoms with Gasteiger partial charge in [0.15, 0.2) is 0 Å². The molecule has 0 radical (unpaired) electrons. The van der Waals surface area contributed by atoms with Crippen LogP contribution in [0, 0.1) is 0 Å². The number of piperazine rings is 1. The number of nitrogens with zero attached hydrogens (tertiary/aromatic N) is 3. The average Bonchev–Trinajstić information content (AvgIpc) is 2.90. The molecule has 4 nitrogen and oxygen atoms in total. The molecule has 0 aliphatic carbocycles. The van der Waals surface area contributed by atoms with Crippen molar-refractivity contribution in [3.05, 3.63) is 22.4 Å². The fraction of sp³-hybridized carbons (Fsp3) is 0.688. The van der Waals surface area contributed by atoms with Crippen LogP contribution in [-0.4, -0.2) is 73.0 Å². The number of thiophene rings is 1. The van der Waals surface area contributed by atoms with Crippen LogP contribution in [0.2, 0.25) is 0 Å². The summed E-state index contributed by atoms with van der Waals surface area (Å²) in [5.41, 5.74) is 0. The predicted octanol–water partition coefficient (Wildman–Crippen LogP) is 1.77. The Labute approximate surface area is 132 Å². The quantitative estimate of drug-likeness (QED) is 0.829. The number of likely N-dealkylation sites (N-methyl/N-ethyl adjacent to an activating group) is 1. The van der Waals surface area contributed by atoms with Crippen LogP contribution in [-0.2, 0) is 11.2 Å². The van der Waals surface area contributed by atoms with E-state index in [4.69, 9.17) is 0 Å². The van der Waals surface area contributed by atoms with Crippen LogP contribution in [0.5, 0.6) is 0 Å². The molecule has 2 atom stereocenters. The lowest BCUT2D eigenvalue weighted by molar-refractivity contribution is -0.134. The first kappa shape index (κ1) is 16.5. The van der Waals surface area contributed by atoms with Crippen molar-refractivity contribution in [2.24, 2.45) is 0 Å². The summed E-state index contributed by atoms with van der Waals surface area (Å²) < 4.78 is 0. The highest BCUT2D eigenvalue weighted by Crippen LogP contribution is 2.18. The highest BCUT2D eigenvalue weighted by atomic mass is 32.1. The van der Waals surface area contributed by atoms with Crippen LogP contribution < -0.4 is 0 Å². The van der Waals surface area contributed by atoms with Crippen LogP contribution >= 0.6 is 11.3 Å². The summed E-state index contributed by atoms with van der Waals surface area (Å²) in [4.78, 5) is 20.4. The minimum absolute atomic E-state index is 0.267. The number of carbonyl (C=O) groups excluding carboxylic acids is 1. The molecule has 2 unspecified atom stereocenters. The molecule has 0 aromatic carbocycles. The normalized spacial score (nSPS) is 23.8. The first-order chi connectivity index (χ1) is 9.97. The Morgan fingerprint density at radius 2 is 2.00 bits per heavy atom. The molecule has 5 heteroatoms. The van der Waals surface area contributed by atoms with Gasteiger partial charge in [0.2, 0.25) is 5.91 Å². The van der Waals surface area contributed by atoms with Gasteiger partial charge >= 0.3 is 0 Å². The highest BCUT2D eigenvalue weighted by molar-refractivity contribution is 7.10. The summed E-state index contributed by atoms with van der Waals surface area (Å²) >= 11 is 1.67. The minimum Gasteiger partial charge on any atom is -0.339 e. The average molecular weight is 309 g/mol.